The van der Waals surface area contributed by atoms with Gasteiger partial charge in [-0.25, -0.2) is 4.79 Å². The Morgan fingerprint density at radius 2 is 1.45 bits per heavy atom. The fourth-order valence-electron chi connectivity index (χ4n) is 5.15. The summed E-state index contributed by atoms with van der Waals surface area (Å²) < 4.78 is 17.4. The van der Waals surface area contributed by atoms with Crippen LogP contribution < -0.4 is 4.74 Å². The zero-order valence-corrected chi connectivity index (χ0v) is 19.2. The second-order valence-electron chi connectivity index (χ2n) is 9.06. The SMILES string of the molecule is C=CCOc1ccc(C(=O)OC2CCC(C3CCC(OCC=C)CC3)CC2)c(C)c1C. The maximum absolute atomic E-state index is 12.8. The molecule has 31 heavy (non-hydrogen) atoms. The molecule has 0 aliphatic heterocycles. The monoisotopic (exact) mass is 426 g/mol. The zero-order chi connectivity index (χ0) is 22.2. The van der Waals surface area contributed by atoms with E-state index in [1.807, 2.05) is 32.1 Å². The van der Waals surface area contributed by atoms with Crippen LogP contribution in [0.3, 0.4) is 0 Å². The maximum atomic E-state index is 12.8. The Hall–Kier alpha value is -2.07. The Bertz CT molecular complexity index is 753. The van der Waals surface area contributed by atoms with Gasteiger partial charge in [-0.2, -0.15) is 0 Å². The van der Waals surface area contributed by atoms with Crippen molar-refractivity contribution in [2.45, 2.75) is 77.4 Å². The van der Waals surface area contributed by atoms with Gasteiger partial charge in [0.1, 0.15) is 18.5 Å². The van der Waals surface area contributed by atoms with E-state index in [0.717, 1.165) is 54.4 Å². The van der Waals surface area contributed by atoms with E-state index < -0.39 is 0 Å². The molecule has 0 bridgehead atoms. The van der Waals surface area contributed by atoms with Crippen LogP contribution in [0, 0.1) is 25.7 Å². The first kappa shape index (κ1) is 23.6. The van der Waals surface area contributed by atoms with Crippen LogP contribution in [-0.4, -0.2) is 31.4 Å². The lowest BCUT2D eigenvalue weighted by atomic mass is 9.72. The smallest absolute Gasteiger partial charge is 0.338 e. The van der Waals surface area contributed by atoms with E-state index in [9.17, 15) is 4.79 Å². The molecule has 0 amide bonds. The topological polar surface area (TPSA) is 44.8 Å². The Kier molecular flexibility index (Phi) is 8.77. The molecule has 0 unspecified atom stereocenters. The van der Waals surface area contributed by atoms with Crippen LogP contribution in [0.2, 0.25) is 0 Å². The first-order chi connectivity index (χ1) is 15.0. The summed E-state index contributed by atoms with van der Waals surface area (Å²) in [6.45, 7) is 12.5. The predicted molar refractivity (Wildman–Crippen MR) is 125 cm³/mol. The van der Waals surface area contributed by atoms with E-state index in [1.54, 1.807) is 6.08 Å². The van der Waals surface area contributed by atoms with Crippen LogP contribution >= 0.6 is 0 Å². The highest BCUT2D eigenvalue weighted by Gasteiger charge is 2.32. The van der Waals surface area contributed by atoms with E-state index in [1.165, 1.54) is 25.7 Å². The van der Waals surface area contributed by atoms with Gasteiger partial charge in [0.05, 0.1) is 18.3 Å². The summed E-state index contributed by atoms with van der Waals surface area (Å²) in [4.78, 5) is 12.8. The molecule has 2 fully saturated rings. The third-order valence-corrected chi connectivity index (χ3v) is 7.14. The number of carbonyl (C=O) groups excluding carboxylic acids is 1. The van der Waals surface area contributed by atoms with Gasteiger partial charge < -0.3 is 14.2 Å². The van der Waals surface area contributed by atoms with Crippen molar-refractivity contribution in [1.29, 1.82) is 0 Å². The molecule has 2 aliphatic carbocycles. The average Bonchev–Trinajstić information content (AvgIpc) is 2.79. The van der Waals surface area contributed by atoms with Gasteiger partial charge in [-0.15, -0.1) is 6.58 Å². The van der Waals surface area contributed by atoms with Gasteiger partial charge >= 0.3 is 5.97 Å². The number of benzene rings is 1. The number of hydrogen-bond acceptors (Lipinski definition) is 4. The van der Waals surface area contributed by atoms with Gasteiger partial charge in [-0.05, 0) is 100 Å². The molecule has 4 nitrogen and oxygen atoms in total. The van der Waals surface area contributed by atoms with Gasteiger partial charge in [0.25, 0.3) is 0 Å². The summed E-state index contributed by atoms with van der Waals surface area (Å²) in [5, 5.41) is 0. The van der Waals surface area contributed by atoms with Crippen molar-refractivity contribution in [1.82, 2.24) is 0 Å². The van der Waals surface area contributed by atoms with Crippen LogP contribution in [0.25, 0.3) is 0 Å². The summed E-state index contributed by atoms with van der Waals surface area (Å²) in [5.74, 6) is 2.15. The quantitative estimate of drug-likeness (QED) is 0.341. The van der Waals surface area contributed by atoms with Crippen LogP contribution in [0.15, 0.2) is 37.4 Å². The van der Waals surface area contributed by atoms with E-state index >= 15 is 0 Å². The molecule has 2 aliphatic rings. The standard InChI is InChI=1S/C27H38O4/c1-5-17-29-23-11-7-21(8-12-23)22-9-13-24(14-10-22)31-27(28)25-15-16-26(30-18-6-2)20(4)19(25)3/h5-6,15-16,21-24H,1-2,7-14,17-18H2,3-4H3. The minimum Gasteiger partial charge on any atom is -0.489 e. The molecule has 0 N–H and O–H groups in total. The molecule has 3 rings (SSSR count). The molecule has 0 heterocycles. The molecule has 0 atom stereocenters. The summed E-state index contributed by atoms with van der Waals surface area (Å²) in [5.41, 5.74) is 2.55. The molecular weight excluding hydrogens is 388 g/mol. The van der Waals surface area contributed by atoms with Crippen LogP contribution in [0.5, 0.6) is 5.75 Å². The first-order valence-electron chi connectivity index (χ1n) is 11.8. The van der Waals surface area contributed by atoms with Gasteiger partial charge in [-0.3, -0.25) is 0 Å². The third-order valence-electron chi connectivity index (χ3n) is 7.14. The normalized spacial score (nSPS) is 26.1. The van der Waals surface area contributed by atoms with E-state index in [0.29, 0.717) is 24.9 Å². The summed E-state index contributed by atoms with van der Waals surface area (Å²) >= 11 is 0. The minimum atomic E-state index is -0.209. The van der Waals surface area contributed by atoms with Crippen molar-refractivity contribution in [3.05, 3.63) is 54.1 Å². The highest BCUT2D eigenvalue weighted by atomic mass is 16.5. The van der Waals surface area contributed by atoms with Crippen LogP contribution in [0.1, 0.15) is 72.9 Å². The molecule has 4 heteroatoms. The van der Waals surface area contributed by atoms with Gasteiger partial charge in [0.2, 0.25) is 0 Å². The van der Waals surface area contributed by atoms with Crippen LogP contribution in [-0.2, 0) is 9.47 Å². The van der Waals surface area contributed by atoms with Crippen molar-refractivity contribution in [3.63, 3.8) is 0 Å². The molecule has 0 radical (unpaired) electrons. The number of rotatable bonds is 9. The number of esters is 1. The van der Waals surface area contributed by atoms with Gasteiger partial charge in [0.15, 0.2) is 0 Å². The molecular formula is C27H38O4. The number of ether oxygens (including phenoxy) is 3. The minimum absolute atomic E-state index is 0.0346. The second kappa shape index (κ2) is 11.5. The average molecular weight is 427 g/mol. The number of carbonyl (C=O) groups is 1. The molecule has 170 valence electrons. The molecule has 1 aromatic rings. The Labute approximate surface area is 187 Å². The fraction of sp³-hybridized carbons (Fsp3) is 0.593. The number of hydrogen-bond donors (Lipinski definition) is 0. The lowest BCUT2D eigenvalue weighted by Crippen LogP contribution is -2.31. The Balaban J connectivity index is 1.47. The lowest BCUT2D eigenvalue weighted by Gasteiger charge is -2.37. The zero-order valence-electron chi connectivity index (χ0n) is 19.2. The molecule has 0 saturated heterocycles. The van der Waals surface area contributed by atoms with Crippen molar-refractivity contribution in [2.24, 2.45) is 11.8 Å². The summed E-state index contributed by atoms with van der Waals surface area (Å²) in [7, 11) is 0. The van der Waals surface area contributed by atoms with E-state index in [2.05, 4.69) is 13.2 Å². The van der Waals surface area contributed by atoms with Crippen molar-refractivity contribution in [3.8, 4) is 5.75 Å². The highest BCUT2D eigenvalue weighted by molar-refractivity contribution is 5.91. The lowest BCUT2D eigenvalue weighted by molar-refractivity contribution is 0.000841. The Morgan fingerprint density at radius 1 is 0.871 bits per heavy atom. The molecule has 0 aromatic heterocycles. The van der Waals surface area contributed by atoms with Gasteiger partial charge in [0, 0.05) is 0 Å². The van der Waals surface area contributed by atoms with Gasteiger partial charge in [-0.1, -0.05) is 18.7 Å². The molecule has 0 spiro atoms. The van der Waals surface area contributed by atoms with Crippen molar-refractivity contribution in [2.75, 3.05) is 13.2 Å². The summed E-state index contributed by atoms with van der Waals surface area (Å²) in [6, 6.07) is 3.68. The van der Waals surface area contributed by atoms with E-state index in [-0.39, 0.29) is 12.1 Å². The third kappa shape index (κ3) is 6.22. The second-order valence-corrected chi connectivity index (χ2v) is 9.06. The molecule has 1 aromatic carbocycles. The highest BCUT2D eigenvalue weighted by Crippen LogP contribution is 2.39. The van der Waals surface area contributed by atoms with E-state index in [4.69, 9.17) is 14.2 Å². The van der Waals surface area contributed by atoms with Crippen molar-refractivity contribution >= 4 is 5.97 Å². The largest absolute Gasteiger partial charge is 0.489 e. The maximum Gasteiger partial charge on any atom is 0.338 e. The van der Waals surface area contributed by atoms with Crippen LogP contribution in [0.4, 0.5) is 0 Å². The van der Waals surface area contributed by atoms with Crippen molar-refractivity contribution < 1.29 is 19.0 Å². The predicted octanol–water partition coefficient (Wildman–Crippen LogP) is 6.35. The Morgan fingerprint density at radius 3 is 2.03 bits per heavy atom. The molecule has 2 saturated carbocycles. The fourth-order valence-corrected chi connectivity index (χ4v) is 5.15. The first-order valence-corrected chi connectivity index (χ1v) is 11.8. The summed E-state index contributed by atoms with van der Waals surface area (Å²) in [6.07, 6.45) is 13.1.